The van der Waals surface area contributed by atoms with Crippen LogP contribution in [0.3, 0.4) is 0 Å². The van der Waals surface area contributed by atoms with E-state index < -0.39 is 5.97 Å². The molecule has 0 saturated heterocycles. The van der Waals surface area contributed by atoms with Crippen LogP contribution in [-0.4, -0.2) is 19.4 Å². The third kappa shape index (κ3) is 2.01. The number of aldehydes is 1. The van der Waals surface area contributed by atoms with Crippen molar-refractivity contribution in [1.29, 1.82) is 0 Å². The monoisotopic (exact) mass is 142 g/mol. The Labute approximate surface area is 59.7 Å². The van der Waals surface area contributed by atoms with Gasteiger partial charge in [0.15, 0.2) is 6.29 Å². The molecule has 0 unspecified atom stereocenters. The van der Waals surface area contributed by atoms with Crippen molar-refractivity contribution in [2.24, 2.45) is 0 Å². The lowest BCUT2D eigenvalue weighted by atomic mass is 10.2. The van der Waals surface area contributed by atoms with Gasteiger partial charge in [-0.2, -0.15) is 0 Å². The lowest BCUT2D eigenvalue weighted by molar-refractivity contribution is -0.136. The second kappa shape index (κ2) is 3.82. The van der Waals surface area contributed by atoms with Gasteiger partial charge in [0.25, 0.3) is 0 Å². The molecular formula is C7H10O3. The molecule has 3 nitrogen and oxygen atoms in total. The molecule has 0 aromatic carbocycles. The van der Waals surface area contributed by atoms with Crippen molar-refractivity contribution < 1.29 is 14.3 Å². The topological polar surface area (TPSA) is 43.4 Å². The molecule has 0 spiro atoms. The van der Waals surface area contributed by atoms with E-state index in [1.165, 1.54) is 7.11 Å². The zero-order valence-corrected chi connectivity index (χ0v) is 6.30. The summed E-state index contributed by atoms with van der Waals surface area (Å²) in [5.41, 5.74) is 0.768. The third-order valence-electron chi connectivity index (χ3n) is 1.06. The highest BCUT2D eigenvalue weighted by Gasteiger charge is 2.08. The van der Waals surface area contributed by atoms with Gasteiger partial charge in [0, 0.05) is 0 Å². The van der Waals surface area contributed by atoms with E-state index in [0.29, 0.717) is 11.9 Å². The quantitative estimate of drug-likeness (QED) is 0.187. The molecule has 0 saturated carbocycles. The molecule has 0 heterocycles. The maximum atomic E-state index is 10.7. The van der Waals surface area contributed by atoms with Crippen LogP contribution in [0.1, 0.15) is 13.8 Å². The van der Waals surface area contributed by atoms with Crippen LogP contribution in [-0.2, 0) is 14.3 Å². The van der Waals surface area contributed by atoms with Crippen molar-refractivity contribution in [2.75, 3.05) is 7.11 Å². The van der Waals surface area contributed by atoms with E-state index in [4.69, 9.17) is 0 Å². The number of carbonyl (C=O) groups is 2. The van der Waals surface area contributed by atoms with Gasteiger partial charge >= 0.3 is 5.97 Å². The normalized spacial score (nSPS) is 8.30. The molecule has 0 bridgehead atoms. The SMILES string of the molecule is COC(=O)C(C=O)=C(C)C. The van der Waals surface area contributed by atoms with Gasteiger partial charge in [-0.05, 0) is 13.8 Å². The number of hydrogen-bond acceptors (Lipinski definition) is 3. The summed E-state index contributed by atoms with van der Waals surface area (Å²) in [6.45, 7) is 3.36. The zero-order chi connectivity index (χ0) is 8.15. The van der Waals surface area contributed by atoms with E-state index in [9.17, 15) is 9.59 Å². The highest BCUT2D eigenvalue weighted by molar-refractivity contribution is 6.08. The van der Waals surface area contributed by atoms with Crippen molar-refractivity contribution in [1.82, 2.24) is 0 Å². The fraction of sp³-hybridized carbons (Fsp3) is 0.429. The van der Waals surface area contributed by atoms with Gasteiger partial charge in [0.2, 0.25) is 0 Å². The summed E-state index contributed by atoms with van der Waals surface area (Å²) in [4.78, 5) is 20.9. The van der Waals surface area contributed by atoms with E-state index in [1.54, 1.807) is 13.8 Å². The van der Waals surface area contributed by atoms with Crippen LogP contribution in [0.25, 0.3) is 0 Å². The predicted octanol–water partition coefficient (Wildman–Crippen LogP) is 0.695. The van der Waals surface area contributed by atoms with Crippen LogP contribution in [0.5, 0.6) is 0 Å². The number of carbonyl (C=O) groups excluding carboxylic acids is 2. The first-order chi connectivity index (χ1) is 4.63. The smallest absolute Gasteiger partial charge is 0.341 e. The van der Waals surface area contributed by atoms with Crippen LogP contribution in [0, 0.1) is 0 Å². The van der Waals surface area contributed by atoms with Gasteiger partial charge in [-0.1, -0.05) is 5.57 Å². The molecule has 0 rings (SSSR count). The van der Waals surface area contributed by atoms with E-state index in [-0.39, 0.29) is 5.57 Å². The molecule has 0 atom stereocenters. The Kier molecular flexibility index (Phi) is 3.39. The average molecular weight is 142 g/mol. The van der Waals surface area contributed by atoms with E-state index in [0.717, 1.165) is 0 Å². The molecule has 56 valence electrons. The van der Waals surface area contributed by atoms with E-state index in [2.05, 4.69) is 4.74 Å². The first kappa shape index (κ1) is 8.88. The van der Waals surface area contributed by atoms with Crippen molar-refractivity contribution in [3.8, 4) is 0 Å². The summed E-state index contributed by atoms with van der Waals surface area (Å²) in [6, 6.07) is 0. The molecule has 3 heteroatoms. The zero-order valence-electron chi connectivity index (χ0n) is 6.30. The second-order valence-corrected chi connectivity index (χ2v) is 2.02. The van der Waals surface area contributed by atoms with Crippen LogP contribution in [0.2, 0.25) is 0 Å². The van der Waals surface area contributed by atoms with E-state index in [1.807, 2.05) is 0 Å². The molecule has 0 radical (unpaired) electrons. The van der Waals surface area contributed by atoms with Gasteiger partial charge in [-0.3, -0.25) is 4.79 Å². The summed E-state index contributed by atoms with van der Waals surface area (Å²) in [6.07, 6.45) is 0.501. The lowest BCUT2D eigenvalue weighted by Crippen LogP contribution is -2.07. The van der Waals surface area contributed by atoms with Gasteiger partial charge in [0.1, 0.15) is 0 Å². The molecule has 0 aromatic rings. The largest absolute Gasteiger partial charge is 0.465 e. The standard InChI is InChI=1S/C7H10O3/c1-5(2)6(4-8)7(9)10-3/h4H,1-3H3. The predicted molar refractivity (Wildman–Crippen MR) is 36.5 cm³/mol. The Bertz CT molecular complexity index is 175. The van der Waals surface area contributed by atoms with Crippen LogP contribution < -0.4 is 0 Å². The van der Waals surface area contributed by atoms with Crippen molar-refractivity contribution >= 4 is 12.3 Å². The molecule has 0 aliphatic heterocycles. The molecule has 0 fully saturated rings. The van der Waals surface area contributed by atoms with E-state index >= 15 is 0 Å². The Morgan fingerprint density at radius 2 is 1.90 bits per heavy atom. The summed E-state index contributed by atoms with van der Waals surface area (Å²) < 4.78 is 4.34. The maximum Gasteiger partial charge on any atom is 0.341 e. The Morgan fingerprint density at radius 3 is 2.00 bits per heavy atom. The number of methoxy groups -OCH3 is 1. The molecule has 0 aliphatic carbocycles. The Hall–Kier alpha value is -1.12. The average Bonchev–Trinajstić information content (AvgIpc) is 1.88. The van der Waals surface area contributed by atoms with Crippen molar-refractivity contribution in [3.05, 3.63) is 11.1 Å². The minimum absolute atomic E-state index is 0.0995. The molecule has 0 aliphatic rings. The van der Waals surface area contributed by atoms with Gasteiger partial charge in [0.05, 0.1) is 12.7 Å². The fourth-order valence-corrected chi connectivity index (χ4v) is 0.480. The highest BCUT2D eigenvalue weighted by Crippen LogP contribution is 2.00. The van der Waals surface area contributed by atoms with Crippen molar-refractivity contribution in [3.63, 3.8) is 0 Å². The Balaban J connectivity index is 4.53. The first-order valence-electron chi connectivity index (χ1n) is 2.84. The molecular weight excluding hydrogens is 132 g/mol. The van der Waals surface area contributed by atoms with Crippen molar-refractivity contribution in [2.45, 2.75) is 13.8 Å². The summed E-state index contributed by atoms with van der Waals surface area (Å²) in [5, 5.41) is 0. The molecule has 10 heavy (non-hydrogen) atoms. The van der Waals surface area contributed by atoms with Crippen LogP contribution in [0.15, 0.2) is 11.1 Å². The number of ether oxygens (including phenoxy) is 1. The summed E-state index contributed by atoms with van der Waals surface area (Å²) >= 11 is 0. The first-order valence-corrected chi connectivity index (χ1v) is 2.84. The summed E-state index contributed by atoms with van der Waals surface area (Å²) in [5.74, 6) is -0.574. The second-order valence-electron chi connectivity index (χ2n) is 2.02. The highest BCUT2D eigenvalue weighted by atomic mass is 16.5. The Morgan fingerprint density at radius 1 is 1.40 bits per heavy atom. The summed E-state index contributed by atoms with van der Waals surface area (Å²) in [7, 11) is 1.24. The molecule has 0 amide bonds. The number of hydrogen-bond donors (Lipinski definition) is 0. The minimum atomic E-state index is -0.574. The number of esters is 1. The number of rotatable bonds is 2. The number of allylic oxidation sites excluding steroid dienone is 1. The lowest BCUT2D eigenvalue weighted by Gasteiger charge is -1.97. The van der Waals surface area contributed by atoms with Crippen LogP contribution in [0.4, 0.5) is 0 Å². The molecule has 0 N–H and O–H groups in total. The third-order valence-corrected chi connectivity index (χ3v) is 1.06. The molecule has 0 aromatic heterocycles. The van der Waals surface area contributed by atoms with Gasteiger partial charge in [-0.15, -0.1) is 0 Å². The fourth-order valence-electron chi connectivity index (χ4n) is 0.480. The van der Waals surface area contributed by atoms with Crippen LogP contribution >= 0.6 is 0 Å². The minimum Gasteiger partial charge on any atom is -0.465 e. The van der Waals surface area contributed by atoms with Gasteiger partial charge in [-0.25, -0.2) is 4.79 Å². The van der Waals surface area contributed by atoms with Gasteiger partial charge < -0.3 is 4.74 Å². The maximum absolute atomic E-state index is 10.7.